The summed E-state index contributed by atoms with van der Waals surface area (Å²) in [6.07, 6.45) is 0.430. The summed E-state index contributed by atoms with van der Waals surface area (Å²) in [6.45, 7) is 7.12. The van der Waals surface area contributed by atoms with Gasteiger partial charge in [-0.2, -0.15) is 18.2 Å². The summed E-state index contributed by atoms with van der Waals surface area (Å²) in [6, 6.07) is 11.3. The van der Waals surface area contributed by atoms with Gasteiger partial charge < -0.3 is 31.4 Å². The van der Waals surface area contributed by atoms with Crippen molar-refractivity contribution in [2.75, 3.05) is 19.7 Å². The highest BCUT2D eigenvalue weighted by Crippen LogP contribution is 2.34. The Balaban J connectivity index is 1.51. The molecule has 252 valence electrons. The van der Waals surface area contributed by atoms with Crippen LogP contribution in [-0.2, 0) is 17.3 Å². The highest BCUT2D eigenvalue weighted by molar-refractivity contribution is 5.74. The number of H-pyrrole nitrogens is 1. The number of nitrogens with zero attached hydrogens (tertiary/aromatic N) is 2. The predicted molar refractivity (Wildman–Crippen MR) is 175 cm³/mol. The highest BCUT2D eigenvalue weighted by Gasteiger charge is 2.31. The molecule has 1 amide bonds. The molecule has 0 bridgehead atoms. The number of carbonyl (C=O) groups excluding carboxylic acids is 1. The quantitative estimate of drug-likeness (QED) is 0.0606. The molecule has 11 nitrogen and oxygen atoms in total. The van der Waals surface area contributed by atoms with Crippen molar-refractivity contribution in [1.82, 2.24) is 30.3 Å². The summed E-state index contributed by atoms with van der Waals surface area (Å²) in [5.41, 5.74) is 7.28. The molecule has 0 aliphatic heterocycles. The van der Waals surface area contributed by atoms with Crippen molar-refractivity contribution < 1.29 is 22.7 Å². The first-order chi connectivity index (χ1) is 22.3. The average Bonchev–Trinajstić information content (AvgIpc) is 3.43. The van der Waals surface area contributed by atoms with Gasteiger partial charge in [0, 0.05) is 36.6 Å². The summed E-state index contributed by atoms with van der Waals surface area (Å²) in [5, 5.41) is 16.1. The molecule has 2 heterocycles. The van der Waals surface area contributed by atoms with E-state index in [-0.39, 0.29) is 30.4 Å². The van der Waals surface area contributed by atoms with Gasteiger partial charge in [0.05, 0.1) is 23.4 Å². The van der Waals surface area contributed by atoms with Gasteiger partial charge in [0.1, 0.15) is 0 Å². The number of guanidine groups is 1. The van der Waals surface area contributed by atoms with Gasteiger partial charge in [-0.1, -0.05) is 24.3 Å². The molecule has 0 aliphatic carbocycles. The van der Waals surface area contributed by atoms with Crippen LogP contribution < -0.4 is 27.2 Å². The Kier molecular flexibility index (Phi) is 11.6. The number of hydrogen-bond donors (Lipinski definition) is 6. The maximum Gasteiger partial charge on any atom is 0.416 e. The molecule has 4 rings (SSSR count). The molecule has 14 heteroatoms. The number of alkyl halides is 3. The summed E-state index contributed by atoms with van der Waals surface area (Å²) >= 11 is 0. The second kappa shape index (κ2) is 15.6. The van der Waals surface area contributed by atoms with E-state index in [1.165, 1.54) is 0 Å². The number of aromatic amines is 1. The molecule has 2 atom stereocenters. The molecule has 0 unspecified atom stereocenters. The number of aryl methyl sites for hydroxylation is 1. The first-order valence-electron chi connectivity index (χ1n) is 15.5. The number of fused-ring (bicyclic) bond motifs is 1. The fourth-order valence-corrected chi connectivity index (χ4v) is 5.21. The number of ether oxygens (including phenoxy) is 1. The summed E-state index contributed by atoms with van der Waals surface area (Å²) in [5.74, 6) is 0.151. The Morgan fingerprint density at radius 3 is 2.51 bits per heavy atom. The minimum absolute atomic E-state index is 0.0531. The lowest BCUT2D eigenvalue weighted by molar-refractivity contribution is -0.137. The molecular formula is C33H41F3N8O3. The van der Waals surface area contributed by atoms with Crippen molar-refractivity contribution in [2.24, 2.45) is 5.73 Å². The number of rotatable bonds is 14. The predicted octanol–water partition coefficient (Wildman–Crippen LogP) is 5.36. The van der Waals surface area contributed by atoms with Gasteiger partial charge in [-0.05, 0) is 87.9 Å². The van der Waals surface area contributed by atoms with Crippen molar-refractivity contribution in [3.05, 3.63) is 81.9 Å². The van der Waals surface area contributed by atoms with E-state index in [2.05, 4.69) is 25.9 Å². The maximum atomic E-state index is 13.9. The van der Waals surface area contributed by atoms with Crippen LogP contribution in [0.2, 0.25) is 0 Å². The Hall–Kier alpha value is -4.85. The van der Waals surface area contributed by atoms with Gasteiger partial charge in [-0.3, -0.25) is 14.6 Å². The van der Waals surface area contributed by atoms with E-state index in [0.29, 0.717) is 53.8 Å². The Labute approximate surface area is 270 Å². The Morgan fingerprint density at radius 1 is 1.09 bits per heavy atom. The number of hydrogen-bond acceptors (Lipinski definition) is 6. The minimum Gasteiger partial charge on any atom is -0.450 e. The monoisotopic (exact) mass is 654 g/mol. The largest absolute Gasteiger partial charge is 0.450 e. The van der Waals surface area contributed by atoms with Crippen LogP contribution in [0, 0.1) is 5.41 Å². The SMILES string of the molecule is CCOC(=O)N[C@@H](C)CCCc1cc(-c2cn3cc(-c4ccc([C@H](C)NCCCNC(=N)N)cc4)c(=O)nc3[nH]2)cc(C(F)(F)F)c1. The number of nitrogens with one attached hydrogen (secondary N) is 5. The normalized spacial score (nSPS) is 12.9. The van der Waals surface area contributed by atoms with Crippen molar-refractivity contribution >= 4 is 17.8 Å². The summed E-state index contributed by atoms with van der Waals surface area (Å²) < 4.78 is 48.1. The second-order valence-corrected chi connectivity index (χ2v) is 11.4. The minimum atomic E-state index is -4.55. The molecule has 47 heavy (non-hydrogen) atoms. The second-order valence-electron chi connectivity index (χ2n) is 11.4. The van der Waals surface area contributed by atoms with Crippen LogP contribution in [0.1, 0.15) is 62.8 Å². The molecule has 2 aromatic carbocycles. The molecule has 0 fully saturated rings. The van der Waals surface area contributed by atoms with Gasteiger partial charge in [-0.15, -0.1) is 0 Å². The van der Waals surface area contributed by atoms with Crippen LogP contribution in [0.4, 0.5) is 18.0 Å². The zero-order valence-electron chi connectivity index (χ0n) is 26.6. The number of benzene rings is 2. The van der Waals surface area contributed by atoms with Crippen LogP contribution >= 0.6 is 0 Å². The molecular weight excluding hydrogens is 613 g/mol. The molecule has 0 spiro atoms. The summed E-state index contributed by atoms with van der Waals surface area (Å²) in [7, 11) is 0. The number of amides is 1. The third-order valence-corrected chi connectivity index (χ3v) is 7.68. The highest BCUT2D eigenvalue weighted by atomic mass is 19.4. The van der Waals surface area contributed by atoms with Gasteiger partial charge in [0.25, 0.3) is 5.56 Å². The van der Waals surface area contributed by atoms with Gasteiger partial charge in [-0.25, -0.2) is 4.79 Å². The topological polar surface area (TPSA) is 162 Å². The lowest BCUT2D eigenvalue weighted by Gasteiger charge is -2.15. The fraction of sp³-hybridized carbons (Fsp3) is 0.394. The standard InChI is InChI=1S/C33H41F3N8O3/c1-4-47-32(46)41-20(2)7-5-8-22-15-25(17-26(16-22)33(34,35)36)28-19-44-18-27(29(45)43-31(44)42-28)24-11-9-23(10-12-24)21(3)39-13-6-14-40-30(37)38/h9-12,15-21,39H,4-8,13-14H2,1-3H3,(H,41,46)(H4,37,38,40)(H,42,43,45)/t20-,21-/m0/s1. The van der Waals surface area contributed by atoms with E-state index in [4.69, 9.17) is 15.9 Å². The van der Waals surface area contributed by atoms with Crippen molar-refractivity contribution in [3.8, 4) is 22.4 Å². The number of nitrogens with two attached hydrogens (primary N) is 1. The number of carbonyl (C=O) groups is 1. The first-order valence-corrected chi connectivity index (χ1v) is 15.5. The van der Waals surface area contributed by atoms with E-state index < -0.39 is 23.4 Å². The summed E-state index contributed by atoms with van der Waals surface area (Å²) in [4.78, 5) is 31.8. The van der Waals surface area contributed by atoms with Crippen LogP contribution in [0.3, 0.4) is 0 Å². The number of halogens is 3. The van der Waals surface area contributed by atoms with Crippen LogP contribution in [-0.4, -0.2) is 52.2 Å². The maximum absolute atomic E-state index is 13.9. The Morgan fingerprint density at radius 2 is 1.83 bits per heavy atom. The van der Waals surface area contributed by atoms with Crippen molar-refractivity contribution in [2.45, 2.75) is 64.7 Å². The molecule has 7 N–H and O–H groups in total. The van der Waals surface area contributed by atoms with E-state index in [9.17, 15) is 22.8 Å². The zero-order valence-corrected chi connectivity index (χ0v) is 26.6. The number of aromatic nitrogens is 3. The lowest BCUT2D eigenvalue weighted by atomic mass is 9.99. The fourth-order valence-electron chi connectivity index (χ4n) is 5.21. The molecule has 4 aromatic rings. The van der Waals surface area contributed by atoms with E-state index in [1.807, 2.05) is 38.1 Å². The van der Waals surface area contributed by atoms with Crippen LogP contribution in [0.25, 0.3) is 28.2 Å². The first kappa shape index (κ1) is 35.0. The van der Waals surface area contributed by atoms with Gasteiger partial charge in [0.15, 0.2) is 5.96 Å². The molecule has 0 aliphatic rings. The van der Waals surface area contributed by atoms with Gasteiger partial charge >= 0.3 is 12.3 Å². The lowest BCUT2D eigenvalue weighted by Crippen LogP contribution is -2.33. The van der Waals surface area contributed by atoms with E-state index in [1.54, 1.807) is 29.8 Å². The third kappa shape index (κ3) is 9.82. The molecule has 0 radical (unpaired) electrons. The van der Waals surface area contributed by atoms with E-state index >= 15 is 0 Å². The van der Waals surface area contributed by atoms with Crippen molar-refractivity contribution in [3.63, 3.8) is 0 Å². The van der Waals surface area contributed by atoms with Crippen LogP contribution in [0.5, 0.6) is 0 Å². The smallest absolute Gasteiger partial charge is 0.416 e. The van der Waals surface area contributed by atoms with E-state index in [0.717, 1.165) is 30.7 Å². The third-order valence-electron chi connectivity index (χ3n) is 7.68. The zero-order chi connectivity index (χ0) is 34.1. The number of imidazole rings is 1. The Bertz CT molecular complexity index is 1730. The van der Waals surface area contributed by atoms with Gasteiger partial charge in [0.2, 0.25) is 5.78 Å². The molecule has 0 saturated heterocycles. The number of alkyl carbamates (subject to hydrolysis) is 1. The molecule has 0 saturated carbocycles. The van der Waals surface area contributed by atoms with Crippen molar-refractivity contribution in [1.29, 1.82) is 5.41 Å². The van der Waals surface area contributed by atoms with Crippen LogP contribution in [0.15, 0.2) is 59.7 Å². The molecule has 2 aromatic heterocycles. The average molecular weight is 655 g/mol.